The van der Waals surface area contributed by atoms with Gasteiger partial charge in [0.2, 0.25) is 0 Å². The lowest BCUT2D eigenvalue weighted by Crippen LogP contribution is -2.37. The standard InChI is InChI=1S/C10H15N3OS/c11-7-9-1-2-10(8-12-9)13-3-5-15(14)6-4-13/h1-2,8H,3-7,11H2. The quantitative estimate of drug-likeness (QED) is 0.776. The van der Waals surface area contributed by atoms with Crippen LogP contribution in [0.15, 0.2) is 18.3 Å². The average molecular weight is 225 g/mol. The molecule has 0 amide bonds. The van der Waals surface area contributed by atoms with Crippen molar-refractivity contribution < 1.29 is 4.21 Å². The summed E-state index contributed by atoms with van der Waals surface area (Å²) in [4.78, 5) is 6.47. The van der Waals surface area contributed by atoms with E-state index in [2.05, 4.69) is 9.88 Å². The number of hydrogen-bond donors (Lipinski definition) is 1. The van der Waals surface area contributed by atoms with E-state index in [1.54, 1.807) is 0 Å². The normalized spacial score (nSPS) is 18.1. The van der Waals surface area contributed by atoms with Gasteiger partial charge in [-0.1, -0.05) is 0 Å². The van der Waals surface area contributed by atoms with Crippen LogP contribution in [0.3, 0.4) is 0 Å². The summed E-state index contributed by atoms with van der Waals surface area (Å²) >= 11 is 0. The Kier molecular flexibility index (Phi) is 3.33. The predicted molar refractivity (Wildman–Crippen MR) is 62.2 cm³/mol. The summed E-state index contributed by atoms with van der Waals surface area (Å²) in [5.74, 6) is 1.53. The number of anilines is 1. The number of nitrogens with zero attached hydrogens (tertiary/aromatic N) is 2. The summed E-state index contributed by atoms with van der Waals surface area (Å²) in [6.07, 6.45) is 1.84. The van der Waals surface area contributed by atoms with E-state index in [4.69, 9.17) is 5.73 Å². The maximum atomic E-state index is 11.2. The zero-order valence-electron chi connectivity index (χ0n) is 8.56. The van der Waals surface area contributed by atoms with Gasteiger partial charge in [0.1, 0.15) is 0 Å². The molecule has 15 heavy (non-hydrogen) atoms. The van der Waals surface area contributed by atoms with Gasteiger partial charge < -0.3 is 10.6 Å². The molecule has 4 nitrogen and oxygen atoms in total. The molecule has 0 unspecified atom stereocenters. The Bertz CT molecular complexity index is 342. The second-order valence-electron chi connectivity index (χ2n) is 3.55. The van der Waals surface area contributed by atoms with Crippen molar-refractivity contribution in [2.45, 2.75) is 6.54 Å². The van der Waals surface area contributed by atoms with Crippen molar-refractivity contribution in [1.82, 2.24) is 4.98 Å². The van der Waals surface area contributed by atoms with Gasteiger partial charge in [-0.25, -0.2) is 0 Å². The lowest BCUT2D eigenvalue weighted by Gasteiger charge is -2.28. The van der Waals surface area contributed by atoms with Gasteiger partial charge in [-0.05, 0) is 12.1 Å². The van der Waals surface area contributed by atoms with Crippen LogP contribution in [0, 0.1) is 0 Å². The van der Waals surface area contributed by atoms with Crippen molar-refractivity contribution in [3.05, 3.63) is 24.0 Å². The zero-order chi connectivity index (χ0) is 10.7. The fourth-order valence-corrected chi connectivity index (χ4v) is 2.67. The molecule has 2 heterocycles. The topological polar surface area (TPSA) is 59.2 Å². The minimum Gasteiger partial charge on any atom is -0.368 e. The lowest BCUT2D eigenvalue weighted by atomic mass is 10.3. The second-order valence-corrected chi connectivity index (χ2v) is 5.24. The highest BCUT2D eigenvalue weighted by molar-refractivity contribution is 7.85. The molecule has 0 spiro atoms. The molecule has 0 bridgehead atoms. The molecule has 5 heteroatoms. The largest absolute Gasteiger partial charge is 0.368 e. The van der Waals surface area contributed by atoms with Gasteiger partial charge in [0.25, 0.3) is 0 Å². The Morgan fingerprint density at radius 1 is 1.40 bits per heavy atom. The SMILES string of the molecule is NCc1ccc(N2CCS(=O)CC2)cn1. The molecular weight excluding hydrogens is 210 g/mol. The van der Waals surface area contributed by atoms with E-state index in [1.165, 1.54) is 0 Å². The fraction of sp³-hybridized carbons (Fsp3) is 0.500. The van der Waals surface area contributed by atoms with E-state index in [-0.39, 0.29) is 0 Å². The van der Waals surface area contributed by atoms with Crippen LogP contribution in [0.2, 0.25) is 0 Å². The smallest absolute Gasteiger partial charge is 0.0553 e. The van der Waals surface area contributed by atoms with E-state index in [9.17, 15) is 4.21 Å². The molecule has 2 rings (SSSR count). The first-order valence-corrected chi connectivity index (χ1v) is 6.53. The molecular formula is C10H15N3OS. The highest BCUT2D eigenvalue weighted by Gasteiger charge is 2.15. The van der Waals surface area contributed by atoms with Gasteiger partial charge in [0, 0.05) is 41.9 Å². The van der Waals surface area contributed by atoms with Crippen molar-refractivity contribution >= 4 is 16.5 Å². The van der Waals surface area contributed by atoms with Crippen LogP contribution in [0.4, 0.5) is 5.69 Å². The molecule has 1 aromatic rings. The van der Waals surface area contributed by atoms with E-state index < -0.39 is 10.8 Å². The minimum atomic E-state index is -0.623. The molecule has 1 aliphatic rings. The van der Waals surface area contributed by atoms with Crippen LogP contribution in [-0.2, 0) is 17.3 Å². The number of pyridine rings is 1. The first-order valence-electron chi connectivity index (χ1n) is 5.04. The summed E-state index contributed by atoms with van der Waals surface area (Å²) in [5.41, 5.74) is 7.48. The van der Waals surface area contributed by atoms with Gasteiger partial charge >= 0.3 is 0 Å². The van der Waals surface area contributed by atoms with Gasteiger partial charge in [-0.3, -0.25) is 9.19 Å². The second kappa shape index (κ2) is 4.72. The molecule has 82 valence electrons. The highest BCUT2D eigenvalue weighted by Crippen LogP contribution is 2.15. The molecule has 0 saturated carbocycles. The van der Waals surface area contributed by atoms with Crippen molar-refractivity contribution in [2.24, 2.45) is 5.73 Å². The van der Waals surface area contributed by atoms with Gasteiger partial charge in [0.15, 0.2) is 0 Å². The maximum Gasteiger partial charge on any atom is 0.0553 e. The molecule has 1 fully saturated rings. The van der Waals surface area contributed by atoms with E-state index >= 15 is 0 Å². The third kappa shape index (κ3) is 2.54. The van der Waals surface area contributed by atoms with Crippen LogP contribution in [0.1, 0.15) is 5.69 Å². The maximum absolute atomic E-state index is 11.2. The van der Waals surface area contributed by atoms with E-state index in [0.29, 0.717) is 6.54 Å². The predicted octanol–water partition coefficient (Wildman–Crippen LogP) is 0.109. The molecule has 1 saturated heterocycles. The van der Waals surface area contributed by atoms with Gasteiger partial charge in [-0.2, -0.15) is 0 Å². The molecule has 2 N–H and O–H groups in total. The highest BCUT2D eigenvalue weighted by atomic mass is 32.2. The molecule has 0 radical (unpaired) electrons. The Balaban J connectivity index is 2.06. The summed E-state index contributed by atoms with van der Waals surface area (Å²) < 4.78 is 11.2. The van der Waals surface area contributed by atoms with Crippen molar-refractivity contribution in [1.29, 1.82) is 0 Å². The van der Waals surface area contributed by atoms with Gasteiger partial charge in [0.05, 0.1) is 17.6 Å². The van der Waals surface area contributed by atoms with Crippen LogP contribution in [0.5, 0.6) is 0 Å². The zero-order valence-corrected chi connectivity index (χ0v) is 9.37. The molecule has 1 aliphatic heterocycles. The Hall–Kier alpha value is -0.940. The van der Waals surface area contributed by atoms with Crippen LogP contribution < -0.4 is 10.6 Å². The first-order chi connectivity index (χ1) is 7.29. The van der Waals surface area contributed by atoms with Crippen LogP contribution >= 0.6 is 0 Å². The average Bonchev–Trinajstić information content (AvgIpc) is 2.30. The third-order valence-corrected chi connectivity index (χ3v) is 3.84. The molecule has 1 aromatic heterocycles. The summed E-state index contributed by atoms with van der Waals surface area (Å²) in [6, 6.07) is 3.98. The van der Waals surface area contributed by atoms with Crippen LogP contribution in [-0.4, -0.2) is 33.8 Å². The minimum absolute atomic E-state index is 0.476. The Morgan fingerprint density at radius 2 is 2.13 bits per heavy atom. The number of rotatable bonds is 2. The van der Waals surface area contributed by atoms with E-state index in [0.717, 1.165) is 36.0 Å². The fourth-order valence-electron chi connectivity index (χ4n) is 1.62. The third-order valence-electron chi connectivity index (χ3n) is 2.56. The lowest BCUT2D eigenvalue weighted by molar-refractivity contribution is 0.673. The summed E-state index contributed by atoms with van der Waals surface area (Å²) in [7, 11) is -0.623. The van der Waals surface area contributed by atoms with Crippen molar-refractivity contribution in [2.75, 3.05) is 29.5 Å². The van der Waals surface area contributed by atoms with Crippen molar-refractivity contribution in [3.63, 3.8) is 0 Å². The Morgan fingerprint density at radius 3 is 2.67 bits per heavy atom. The Labute approximate surface area is 91.9 Å². The molecule has 0 aliphatic carbocycles. The van der Waals surface area contributed by atoms with Crippen LogP contribution in [0.25, 0.3) is 0 Å². The monoisotopic (exact) mass is 225 g/mol. The van der Waals surface area contributed by atoms with Gasteiger partial charge in [-0.15, -0.1) is 0 Å². The van der Waals surface area contributed by atoms with E-state index in [1.807, 2.05) is 18.3 Å². The number of nitrogens with two attached hydrogens (primary N) is 1. The number of hydrogen-bond acceptors (Lipinski definition) is 4. The first kappa shape index (κ1) is 10.6. The summed E-state index contributed by atoms with van der Waals surface area (Å²) in [5, 5.41) is 0. The molecule has 0 aromatic carbocycles. The summed E-state index contributed by atoms with van der Waals surface area (Å²) in [6.45, 7) is 2.19. The van der Waals surface area contributed by atoms with Crippen molar-refractivity contribution in [3.8, 4) is 0 Å². The molecule has 0 atom stereocenters. The number of aromatic nitrogens is 1.